The van der Waals surface area contributed by atoms with Crippen LogP contribution in [0.5, 0.6) is 17.2 Å². The van der Waals surface area contributed by atoms with Crippen molar-refractivity contribution in [3.05, 3.63) is 76.9 Å². The van der Waals surface area contributed by atoms with E-state index in [0.717, 1.165) is 28.1 Å². The molecule has 0 unspecified atom stereocenters. The van der Waals surface area contributed by atoms with Crippen LogP contribution in [0.15, 0.2) is 54.6 Å². The Balaban J connectivity index is 1.77. The van der Waals surface area contributed by atoms with Crippen molar-refractivity contribution >= 4 is 17.3 Å². The predicted octanol–water partition coefficient (Wildman–Crippen LogP) is 6.15. The third-order valence-corrected chi connectivity index (χ3v) is 4.93. The second-order valence-electron chi connectivity index (χ2n) is 7.75. The van der Waals surface area contributed by atoms with Gasteiger partial charge in [0.25, 0.3) is 5.91 Å². The van der Waals surface area contributed by atoms with Gasteiger partial charge in [-0.1, -0.05) is 13.8 Å². The van der Waals surface area contributed by atoms with Crippen LogP contribution in [0.1, 0.15) is 46.8 Å². The van der Waals surface area contributed by atoms with Crippen molar-refractivity contribution in [1.82, 2.24) is 0 Å². The Labute approximate surface area is 182 Å². The lowest BCUT2D eigenvalue weighted by atomic mass is 10.0. The average molecular weight is 421 g/mol. The molecule has 0 radical (unpaired) electrons. The Morgan fingerprint density at radius 3 is 2.16 bits per heavy atom. The van der Waals surface area contributed by atoms with Gasteiger partial charge in [-0.25, -0.2) is 0 Å². The molecule has 31 heavy (non-hydrogen) atoms. The van der Waals surface area contributed by atoms with E-state index in [1.807, 2.05) is 45.9 Å². The normalized spacial score (nSPS) is 10.8. The summed E-state index contributed by atoms with van der Waals surface area (Å²) >= 11 is 0. The molecule has 0 aromatic heterocycles. The maximum atomic E-state index is 12.6. The number of hydrogen-bond acceptors (Lipinski definition) is 5. The lowest BCUT2D eigenvalue weighted by Gasteiger charge is -2.16. The molecule has 0 aliphatic rings. The lowest BCUT2D eigenvalue weighted by molar-refractivity contribution is 0.102. The minimum absolute atomic E-state index is 0.183. The Bertz CT molecular complexity index is 1050. The van der Waals surface area contributed by atoms with Crippen molar-refractivity contribution in [2.75, 3.05) is 17.9 Å². The van der Waals surface area contributed by atoms with Crippen LogP contribution in [-0.4, -0.2) is 18.1 Å². The van der Waals surface area contributed by atoms with Crippen LogP contribution in [-0.2, 0) is 4.84 Å². The summed E-state index contributed by atoms with van der Waals surface area (Å²) in [4.78, 5) is 17.5. The van der Waals surface area contributed by atoms with Gasteiger partial charge in [0.2, 0.25) is 0 Å². The molecule has 0 bridgehead atoms. The summed E-state index contributed by atoms with van der Waals surface area (Å²) in [6.07, 6.45) is 0. The third-order valence-electron chi connectivity index (χ3n) is 4.93. The number of carbonyl (C=O) groups excluding carboxylic acids is 1. The van der Waals surface area contributed by atoms with E-state index in [1.165, 1.54) is 7.11 Å². The number of anilines is 2. The molecule has 6 heteroatoms. The minimum Gasteiger partial charge on any atom is -0.508 e. The van der Waals surface area contributed by atoms with Crippen LogP contribution in [0, 0.1) is 13.8 Å². The van der Waals surface area contributed by atoms with E-state index in [9.17, 15) is 9.90 Å². The number of rotatable bonds is 7. The molecular weight excluding hydrogens is 392 g/mol. The first-order chi connectivity index (χ1) is 14.8. The number of carbonyl (C=O) groups is 1. The van der Waals surface area contributed by atoms with Gasteiger partial charge in [0.15, 0.2) is 0 Å². The second-order valence-corrected chi connectivity index (χ2v) is 7.75. The van der Waals surface area contributed by atoms with Gasteiger partial charge < -0.3 is 15.2 Å². The number of benzene rings is 3. The van der Waals surface area contributed by atoms with Crippen LogP contribution in [0.2, 0.25) is 0 Å². The summed E-state index contributed by atoms with van der Waals surface area (Å²) < 4.78 is 6.12. The summed E-state index contributed by atoms with van der Waals surface area (Å²) in [5.41, 5.74) is 7.35. The molecule has 0 heterocycles. The average Bonchev–Trinajstić information content (AvgIpc) is 2.72. The quantitative estimate of drug-likeness (QED) is 0.400. The molecule has 0 saturated carbocycles. The largest absolute Gasteiger partial charge is 0.508 e. The maximum absolute atomic E-state index is 12.6. The molecule has 0 spiro atoms. The van der Waals surface area contributed by atoms with E-state index in [1.54, 1.807) is 36.4 Å². The molecule has 3 aromatic rings. The summed E-state index contributed by atoms with van der Waals surface area (Å²) in [6, 6.07) is 16.0. The number of ether oxygens (including phenoxy) is 1. The van der Waals surface area contributed by atoms with Crippen molar-refractivity contribution in [1.29, 1.82) is 0 Å². The zero-order chi connectivity index (χ0) is 22.5. The highest BCUT2D eigenvalue weighted by Gasteiger charge is 2.13. The highest BCUT2D eigenvalue weighted by molar-refractivity contribution is 6.04. The molecule has 0 aliphatic carbocycles. The highest BCUT2D eigenvalue weighted by Crippen LogP contribution is 2.35. The first-order valence-corrected chi connectivity index (χ1v) is 10.1. The van der Waals surface area contributed by atoms with Crippen LogP contribution in [0.25, 0.3) is 0 Å². The predicted molar refractivity (Wildman–Crippen MR) is 123 cm³/mol. The Morgan fingerprint density at radius 1 is 0.935 bits per heavy atom. The van der Waals surface area contributed by atoms with E-state index in [4.69, 9.17) is 9.57 Å². The van der Waals surface area contributed by atoms with Crippen LogP contribution < -0.4 is 15.5 Å². The Kier molecular flexibility index (Phi) is 6.82. The SMILES string of the molecule is CONc1ccc(C(=O)Nc2cc(C)c(Oc3ccc(O)c(C(C)C)c3)c(C)c2)cc1. The fraction of sp³-hybridized carbons (Fsp3) is 0.240. The van der Waals surface area contributed by atoms with Crippen LogP contribution in [0.4, 0.5) is 11.4 Å². The molecule has 0 fully saturated rings. The number of amides is 1. The minimum atomic E-state index is -0.198. The highest BCUT2D eigenvalue weighted by atomic mass is 16.6. The molecule has 0 atom stereocenters. The summed E-state index contributed by atoms with van der Waals surface area (Å²) in [5, 5.41) is 13.0. The van der Waals surface area contributed by atoms with Crippen molar-refractivity contribution in [3.63, 3.8) is 0 Å². The molecule has 3 rings (SSSR count). The van der Waals surface area contributed by atoms with E-state index in [2.05, 4.69) is 10.8 Å². The molecule has 6 nitrogen and oxygen atoms in total. The van der Waals surface area contributed by atoms with Gasteiger partial charge in [-0.05, 0) is 85.5 Å². The summed E-state index contributed by atoms with van der Waals surface area (Å²) in [5.74, 6) is 1.64. The summed E-state index contributed by atoms with van der Waals surface area (Å²) in [7, 11) is 1.53. The van der Waals surface area contributed by atoms with Crippen molar-refractivity contribution < 1.29 is 19.5 Å². The number of aryl methyl sites for hydroxylation is 2. The zero-order valence-corrected chi connectivity index (χ0v) is 18.4. The van der Waals surface area contributed by atoms with Gasteiger partial charge in [-0.15, -0.1) is 0 Å². The number of nitrogens with one attached hydrogen (secondary N) is 2. The molecule has 162 valence electrons. The topological polar surface area (TPSA) is 79.8 Å². The first kappa shape index (κ1) is 22.2. The molecule has 0 saturated heterocycles. The van der Waals surface area contributed by atoms with Gasteiger partial charge in [-0.3, -0.25) is 15.1 Å². The van der Waals surface area contributed by atoms with E-state index in [0.29, 0.717) is 17.0 Å². The van der Waals surface area contributed by atoms with E-state index in [-0.39, 0.29) is 17.6 Å². The molecule has 1 amide bonds. The van der Waals surface area contributed by atoms with E-state index < -0.39 is 0 Å². The number of phenolic OH excluding ortho intramolecular Hbond substituents is 1. The molecule has 3 aromatic carbocycles. The van der Waals surface area contributed by atoms with Gasteiger partial charge in [0.05, 0.1) is 12.8 Å². The zero-order valence-electron chi connectivity index (χ0n) is 18.4. The maximum Gasteiger partial charge on any atom is 0.255 e. The van der Waals surface area contributed by atoms with E-state index >= 15 is 0 Å². The lowest BCUT2D eigenvalue weighted by Crippen LogP contribution is -2.12. The molecule has 0 aliphatic heterocycles. The number of hydrogen-bond donors (Lipinski definition) is 3. The number of aromatic hydroxyl groups is 1. The molecule has 3 N–H and O–H groups in total. The van der Waals surface area contributed by atoms with Gasteiger partial charge in [0, 0.05) is 16.8 Å². The third kappa shape index (κ3) is 5.35. The first-order valence-electron chi connectivity index (χ1n) is 10.1. The van der Waals surface area contributed by atoms with Crippen LogP contribution >= 0.6 is 0 Å². The second kappa shape index (κ2) is 9.53. The Morgan fingerprint density at radius 2 is 1.58 bits per heavy atom. The van der Waals surface area contributed by atoms with Crippen molar-refractivity contribution in [2.45, 2.75) is 33.6 Å². The standard InChI is InChI=1S/C25H28N2O4/c1-15(2)22-14-21(10-11-23(22)28)31-24-16(3)12-20(13-17(24)4)26-25(29)18-6-8-19(9-7-18)27-30-5/h6-15,27-28H,1-5H3,(H,26,29). The van der Waals surface area contributed by atoms with Crippen molar-refractivity contribution in [2.24, 2.45) is 0 Å². The monoisotopic (exact) mass is 420 g/mol. The van der Waals surface area contributed by atoms with Crippen LogP contribution in [0.3, 0.4) is 0 Å². The summed E-state index contributed by atoms with van der Waals surface area (Å²) in [6.45, 7) is 7.92. The van der Waals surface area contributed by atoms with Gasteiger partial charge in [-0.2, -0.15) is 0 Å². The fourth-order valence-corrected chi connectivity index (χ4v) is 3.37. The van der Waals surface area contributed by atoms with Gasteiger partial charge >= 0.3 is 0 Å². The fourth-order valence-electron chi connectivity index (χ4n) is 3.37. The van der Waals surface area contributed by atoms with Crippen molar-refractivity contribution in [3.8, 4) is 17.2 Å². The Hall–Kier alpha value is -3.51. The molecular formula is C25H28N2O4. The smallest absolute Gasteiger partial charge is 0.255 e. The van der Waals surface area contributed by atoms with Gasteiger partial charge in [0.1, 0.15) is 17.2 Å². The number of phenols is 1.